The second-order valence-electron chi connectivity index (χ2n) is 4.97. The van der Waals surface area contributed by atoms with Gasteiger partial charge >= 0.3 is 0 Å². The van der Waals surface area contributed by atoms with Crippen molar-refractivity contribution in [1.82, 2.24) is 10.3 Å². The maximum Gasteiger partial charge on any atom is 0.127 e. The Balaban J connectivity index is 1.98. The zero-order valence-electron chi connectivity index (χ0n) is 11.4. The van der Waals surface area contributed by atoms with Crippen LogP contribution in [0.1, 0.15) is 24.4 Å². The number of hydrogen-bond acceptors (Lipinski definition) is 3. The lowest BCUT2D eigenvalue weighted by Gasteiger charge is -2.15. The highest BCUT2D eigenvalue weighted by atomic mass is 35.5. The molecule has 0 bridgehead atoms. The lowest BCUT2D eigenvalue weighted by atomic mass is 10.0. The maximum absolute atomic E-state index is 6.03. The zero-order chi connectivity index (χ0) is 13.9. The Morgan fingerprint density at radius 3 is 2.95 bits per heavy atom. The number of rotatable bonds is 3. The van der Waals surface area contributed by atoms with E-state index >= 15 is 0 Å². The third kappa shape index (κ3) is 2.65. The second kappa shape index (κ2) is 5.81. The zero-order valence-corrected chi connectivity index (χ0v) is 12.2. The Morgan fingerprint density at radius 1 is 1.35 bits per heavy atom. The van der Waals surface area contributed by atoms with E-state index in [0.29, 0.717) is 11.1 Å². The molecule has 0 spiro atoms. The van der Waals surface area contributed by atoms with Crippen LogP contribution in [-0.4, -0.2) is 18.6 Å². The van der Waals surface area contributed by atoms with E-state index in [4.69, 9.17) is 16.3 Å². The van der Waals surface area contributed by atoms with Crippen LogP contribution in [0.15, 0.2) is 36.5 Å². The minimum absolute atomic E-state index is 0.353. The number of methoxy groups -OCH3 is 1. The molecule has 3 rings (SSSR count). The average Bonchev–Trinajstić information content (AvgIpc) is 3.00. The summed E-state index contributed by atoms with van der Waals surface area (Å²) in [7, 11) is 1.70. The van der Waals surface area contributed by atoms with E-state index in [-0.39, 0.29) is 0 Å². The molecule has 0 amide bonds. The molecule has 0 radical (unpaired) electrons. The molecule has 1 unspecified atom stereocenters. The van der Waals surface area contributed by atoms with Crippen molar-refractivity contribution in [3.8, 4) is 17.0 Å². The fourth-order valence-electron chi connectivity index (χ4n) is 2.64. The van der Waals surface area contributed by atoms with Crippen LogP contribution in [0, 0.1) is 0 Å². The van der Waals surface area contributed by atoms with E-state index in [1.54, 1.807) is 7.11 Å². The number of benzene rings is 1. The molecule has 1 atom stereocenters. The minimum Gasteiger partial charge on any atom is -0.496 e. The van der Waals surface area contributed by atoms with Gasteiger partial charge in [-0.05, 0) is 31.5 Å². The summed E-state index contributed by atoms with van der Waals surface area (Å²) in [5.41, 5.74) is 3.02. The Hall–Kier alpha value is -1.58. The summed E-state index contributed by atoms with van der Waals surface area (Å²) in [6.07, 6.45) is 4.25. The fourth-order valence-corrected chi connectivity index (χ4v) is 2.83. The summed E-state index contributed by atoms with van der Waals surface area (Å²) in [6, 6.07) is 10.0. The van der Waals surface area contributed by atoms with E-state index in [9.17, 15) is 0 Å². The van der Waals surface area contributed by atoms with Crippen molar-refractivity contribution in [2.24, 2.45) is 0 Å². The first-order valence-electron chi connectivity index (χ1n) is 6.81. The molecule has 20 heavy (non-hydrogen) atoms. The second-order valence-corrected chi connectivity index (χ2v) is 5.41. The lowest BCUT2D eigenvalue weighted by molar-refractivity contribution is 0.402. The van der Waals surface area contributed by atoms with E-state index in [1.165, 1.54) is 6.42 Å². The van der Waals surface area contributed by atoms with Gasteiger partial charge in [0.1, 0.15) is 5.75 Å². The van der Waals surface area contributed by atoms with Crippen molar-refractivity contribution in [3.05, 3.63) is 47.1 Å². The SMILES string of the molecule is COc1cc(-c2cccc(Cl)c2)ncc1C1CCCN1. The maximum atomic E-state index is 6.03. The molecule has 1 aliphatic heterocycles. The van der Waals surface area contributed by atoms with Gasteiger partial charge in [0.2, 0.25) is 0 Å². The molecule has 104 valence electrons. The van der Waals surface area contributed by atoms with Crippen LogP contribution in [0.5, 0.6) is 5.75 Å². The first-order valence-corrected chi connectivity index (χ1v) is 7.19. The Morgan fingerprint density at radius 2 is 2.25 bits per heavy atom. The molecule has 4 heteroatoms. The molecule has 1 fully saturated rings. The van der Waals surface area contributed by atoms with Crippen LogP contribution in [0.25, 0.3) is 11.3 Å². The lowest BCUT2D eigenvalue weighted by Crippen LogP contribution is -2.14. The summed E-state index contributed by atoms with van der Waals surface area (Å²) in [5.74, 6) is 0.884. The van der Waals surface area contributed by atoms with Crippen LogP contribution in [0.3, 0.4) is 0 Å². The summed E-state index contributed by atoms with van der Waals surface area (Å²) in [4.78, 5) is 4.56. The number of hydrogen-bond donors (Lipinski definition) is 1. The highest BCUT2D eigenvalue weighted by Crippen LogP contribution is 2.33. The predicted molar refractivity (Wildman–Crippen MR) is 81.2 cm³/mol. The van der Waals surface area contributed by atoms with Gasteiger partial charge in [-0.2, -0.15) is 0 Å². The molecule has 1 aliphatic rings. The van der Waals surface area contributed by atoms with E-state index in [0.717, 1.165) is 35.5 Å². The number of ether oxygens (including phenoxy) is 1. The van der Waals surface area contributed by atoms with Crippen molar-refractivity contribution < 1.29 is 4.74 Å². The Bertz CT molecular complexity index is 609. The first-order chi connectivity index (χ1) is 9.78. The van der Waals surface area contributed by atoms with Gasteiger partial charge in [-0.3, -0.25) is 4.98 Å². The molecular weight excluding hydrogens is 272 g/mol. The third-order valence-electron chi connectivity index (χ3n) is 3.67. The van der Waals surface area contributed by atoms with Crippen LogP contribution in [0.2, 0.25) is 5.02 Å². The Kier molecular flexibility index (Phi) is 3.90. The molecule has 3 nitrogen and oxygen atoms in total. The van der Waals surface area contributed by atoms with Crippen molar-refractivity contribution in [2.75, 3.05) is 13.7 Å². The van der Waals surface area contributed by atoms with Crippen molar-refractivity contribution in [3.63, 3.8) is 0 Å². The van der Waals surface area contributed by atoms with Crippen molar-refractivity contribution in [2.45, 2.75) is 18.9 Å². The van der Waals surface area contributed by atoms with Gasteiger partial charge in [-0.15, -0.1) is 0 Å². The van der Waals surface area contributed by atoms with Gasteiger partial charge in [-0.1, -0.05) is 23.7 Å². The van der Waals surface area contributed by atoms with Crippen LogP contribution in [-0.2, 0) is 0 Å². The van der Waals surface area contributed by atoms with Crippen LogP contribution >= 0.6 is 11.6 Å². The van der Waals surface area contributed by atoms with Gasteiger partial charge in [0, 0.05) is 34.5 Å². The first kappa shape index (κ1) is 13.4. The largest absolute Gasteiger partial charge is 0.496 e. The van der Waals surface area contributed by atoms with E-state index in [1.807, 2.05) is 36.5 Å². The summed E-state index contributed by atoms with van der Waals surface area (Å²) < 4.78 is 5.54. The fraction of sp³-hybridized carbons (Fsp3) is 0.312. The molecule has 1 N–H and O–H groups in total. The third-order valence-corrected chi connectivity index (χ3v) is 3.91. The average molecular weight is 289 g/mol. The van der Waals surface area contributed by atoms with Gasteiger partial charge in [0.15, 0.2) is 0 Å². The molecule has 2 heterocycles. The predicted octanol–water partition coefficient (Wildman–Crippen LogP) is 3.84. The smallest absolute Gasteiger partial charge is 0.127 e. The molecule has 1 aromatic heterocycles. The highest BCUT2D eigenvalue weighted by Gasteiger charge is 2.20. The number of aromatic nitrogens is 1. The quantitative estimate of drug-likeness (QED) is 0.932. The van der Waals surface area contributed by atoms with E-state index in [2.05, 4.69) is 10.3 Å². The number of nitrogens with zero attached hydrogens (tertiary/aromatic N) is 1. The molecule has 1 aromatic carbocycles. The Labute approximate surface area is 123 Å². The molecule has 1 saturated heterocycles. The molecular formula is C16H17ClN2O. The highest BCUT2D eigenvalue weighted by molar-refractivity contribution is 6.30. The summed E-state index contributed by atoms with van der Waals surface area (Å²) >= 11 is 6.03. The van der Waals surface area contributed by atoms with Gasteiger partial charge in [-0.25, -0.2) is 0 Å². The van der Waals surface area contributed by atoms with Crippen molar-refractivity contribution >= 4 is 11.6 Å². The molecule has 0 saturated carbocycles. The van der Waals surface area contributed by atoms with Crippen LogP contribution in [0.4, 0.5) is 0 Å². The molecule has 2 aromatic rings. The monoisotopic (exact) mass is 288 g/mol. The number of nitrogens with one attached hydrogen (secondary N) is 1. The van der Waals surface area contributed by atoms with Gasteiger partial charge in [0.05, 0.1) is 12.8 Å². The van der Waals surface area contributed by atoms with Gasteiger partial charge < -0.3 is 10.1 Å². The topological polar surface area (TPSA) is 34.1 Å². The van der Waals surface area contributed by atoms with Crippen LogP contribution < -0.4 is 10.1 Å². The van der Waals surface area contributed by atoms with Crippen molar-refractivity contribution in [1.29, 1.82) is 0 Å². The normalized spacial score (nSPS) is 18.2. The van der Waals surface area contributed by atoms with Gasteiger partial charge in [0.25, 0.3) is 0 Å². The number of pyridine rings is 1. The molecule has 0 aliphatic carbocycles. The van der Waals surface area contributed by atoms with E-state index < -0.39 is 0 Å². The summed E-state index contributed by atoms with van der Waals surface area (Å²) in [5, 5.41) is 4.19. The standard InChI is InChI=1S/C16H17ClN2O/c1-20-16-9-15(11-4-2-5-12(17)8-11)19-10-13(16)14-6-3-7-18-14/h2,4-5,8-10,14,18H,3,6-7H2,1H3. The number of halogens is 1. The minimum atomic E-state index is 0.353. The summed E-state index contributed by atoms with van der Waals surface area (Å²) in [6.45, 7) is 1.06.